The van der Waals surface area contributed by atoms with Gasteiger partial charge in [0.1, 0.15) is 97.6 Å². The number of hydrogen-bond acceptors (Lipinski definition) is 21. The van der Waals surface area contributed by atoms with E-state index in [-0.39, 0.29) is 0 Å². The standard InChI is InChI=1S/C26H45NO21/c1-6(31)27-11-14(34)22(48-26-19(39)16(36)13(33)8(3-29)45-26)10(43-23(11)41)5-42-24-20(40)17(37)21(9(4-30)46-24)47-25-18(38)15(35)12(32)7(2-28)44-25/h7-26,28-30,32-41H,2-5H2,1H3,(H,27,31)/t7-,8-,9-,10-,11-,12+,13+,14-,15+,16+,17-,18-,19-,20-,21-,22-,23?,24-,25+,26+/m1/s1. The molecule has 0 saturated carbocycles. The van der Waals surface area contributed by atoms with Gasteiger partial charge in [0.05, 0.1) is 26.4 Å². The highest BCUT2D eigenvalue weighted by Crippen LogP contribution is 2.32. The average molecular weight is 708 g/mol. The first-order chi connectivity index (χ1) is 22.6. The van der Waals surface area contributed by atoms with E-state index in [9.17, 15) is 71.2 Å². The number of aliphatic hydroxyl groups excluding tert-OH is 13. The molecule has 0 aromatic rings. The highest BCUT2D eigenvalue weighted by Gasteiger charge is 2.53. The lowest BCUT2D eigenvalue weighted by molar-refractivity contribution is -0.368. The molecule has 280 valence electrons. The third-order valence-corrected chi connectivity index (χ3v) is 8.59. The molecule has 4 rings (SSSR count). The molecule has 0 aliphatic carbocycles. The van der Waals surface area contributed by atoms with Crippen molar-refractivity contribution in [2.45, 2.75) is 130 Å². The first kappa shape index (κ1) is 39.5. The minimum atomic E-state index is -1.96. The maximum Gasteiger partial charge on any atom is 0.217 e. The average Bonchev–Trinajstić information content (AvgIpc) is 3.06. The Morgan fingerprint density at radius 3 is 1.44 bits per heavy atom. The maximum atomic E-state index is 11.7. The van der Waals surface area contributed by atoms with Crippen molar-refractivity contribution in [3.05, 3.63) is 0 Å². The molecule has 20 atom stereocenters. The minimum Gasteiger partial charge on any atom is -0.394 e. The molecule has 0 aromatic carbocycles. The fourth-order valence-electron chi connectivity index (χ4n) is 5.85. The predicted molar refractivity (Wildman–Crippen MR) is 145 cm³/mol. The fourth-order valence-corrected chi connectivity index (χ4v) is 5.85. The molecule has 0 aromatic heterocycles. The summed E-state index contributed by atoms with van der Waals surface area (Å²) in [6.45, 7) is -2.10. The summed E-state index contributed by atoms with van der Waals surface area (Å²) < 4.78 is 38.4. The van der Waals surface area contributed by atoms with Crippen LogP contribution in [0.15, 0.2) is 0 Å². The van der Waals surface area contributed by atoms with Crippen LogP contribution in [0.25, 0.3) is 0 Å². The van der Waals surface area contributed by atoms with Gasteiger partial charge in [-0.15, -0.1) is 0 Å². The van der Waals surface area contributed by atoms with E-state index in [4.69, 9.17) is 33.2 Å². The molecule has 0 spiro atoms. The van der Waals surface area contributed by atoms with Crippen molar-refractivity contribution in [3.63, 3.8) is 0 Å². The molecular weight excluding hydrogens is 662 g/mol. The summed E-state index contributed by atoms with van der Waals surface area (Å²) in [7, 11) is 0. The van der Waals surface area contributed by atoms with Gasteiger partial charge in [-0.1, -0.05) is 0 Å². The van der Waals surface area contributed by atoms with Gasteiger partial charge in [0, 0.05) is 6.92 Å². The van der Waals surface area contributed by atoms with Gasteiger partial charge in [-0.3, -0.25) is 4.79 Å². The zero-order chi connectivity index (χ0) is 35.6. The van der Waals surface area contributed by atoms with Crippen LogP contribution in [0.2, 0.25) is 0 Å². The second kappa shape index (κ2) is 16.8. The summed E-state index contributed by atoms with van der Waals surface area (Å²) in [6.07, 6.45) is -33.0. The summed E-state index contributed by atoms with van der Waals surface area (Å²) in [5, 5.41) is 136. The Morgan fingerprint density at radius 2 is 0.979 bits per heavy atom. The van der Waals surface area contributed by atoms with E-state index in [0.717, 1.165) is 6.92 Å². The van der Waals surface area contributed by atoms with E-state index < -0.39 is 155 Å². The lowest BCUT2D eigenvalue weighted by Gasteiger charge is -2.47. The molecule has 4 saturated heterocycles. The molecule has 4 aliphatic heterocycles. The van der Waals surface area contributed by atoms with Crippen LogP contribution in [0.3, 0.4) is 0 Å². The topological polar surface area (TPSA) is 357 Å². The number of carbonyl (C=O) groups excluding carboxylic acids is 1. The highest BCUT2D eigenvalue weighted by molar-refractivity contribution is 5.73. The van der Waals surface area contributed by atoms with Crippen molar-refractivity contribution in [2.75, 3.05) is 26.4 Å². The highest BCUT2D eigenvalue weighted by atomic mass is 16.8. The normalized spacial score (nSPS) is 50.2. The van der Waals surface area contributed by atoms with Gasteiger partial charge in [0.25, 0.3) is 0 Å². The predicted octanol–water partition coefficient (Wildman–Crippen LogP) is -9.61. The minimum absolute atomic E-state index is 0.689. The first-order valence-electron chi connectivity index (χ1n) is 15.1. The summed E-state index contributed by atoms with van der Waals surface area (Å²) in [5.41, 5.74) is 0. The van der Waals surface area contributed by atoms with E-state index in [0.29, 0.717) is 0 Å². The van der Waals surface area contributed by atoms with E-state index in [1.807, 2.05) is 0 Å². The van der Waals surface area contributed by atoms with E-state index in [1.54, 1.807) is 0 Å². The van der Waals surface area contributed by atoms with Crippen LogP contribution in [0, 0.1) is 0 Å². The Hall–Kier alpha value is -1.33. The number of rotatable bonds is 11. The van der Waals surface area contributed by atoms with E-state index in [2.05, 4.69) is 5.32 Å². The molecule has 14 N–H and O–H groups in total. The lowest BCUT2D eigenvalue weighted by Crippen LogP contribution is -2.67. The summed E-state index contributed by atoms with van der Waals surface area (Å²) >= 11 is 0. The molecule has 22 heteroatoms. The number of hydrogen-bond donors (Lipinski definition) is 14. The Labute approximate surface area is 272 Å². The Balaban J connectivity index is 1.47. The molecule has 4 heterocycles. The molecule has 1 amide bonds. The van der Waals surface area contributed by atoms with Gasteiger partial charge in [-0.25, -0.2) is 0 Å². The van der Waals surface area contributed by atoms with Gasteiger partial charge < -0.3 is 105 Å². The van der Waals surface area contributed by atoms with E-state index in [1.165, 1.54) is 0 Å². The van der Waals surface area contributed by atoms with Crippen molar-refractivity contribution in [2.24, 2.45) is 0 Å². The summed E-state index contributed by atoms with van der Waals surface area (Å²) in [5.74, 6) is -0.689. The van der Waals surface area contributed by atoms with Gasteiger partial charge in [0.2, 0.25) is 5.91 Å². The molecule has 4 fully saturated rings. The molecule has 22 nitrogen and oxygen atoms in total. The van der Waals surface area contributed by atoms with Gasteiger partial charge in [-0.2, -0.15) is 0 Å². The van der Waals surface area contributed by atoms with E-state index >= 15 is 0 Å². The zero-order valence-electron chi connectivity index (χ0n) is 25.5. The number of aliphatic hydroxyl groups is 13. The van der Waals surface area contributed by atoms with Gasteiger partial charge >= 0.3 is 0 Å². The van der Waals surface area contributed by atoms with Crippen LogP contribution in [-0.2, 0) is 38.0 Å². The van der Waals surface area contributed by atoms with Crippen LogP contribution in [-0.4, -0.2) is 221 Å². The van der Waals surface area contributed by atoms with Crippen molar-refractivity contribution in [3.8, 4) is 0 Å². The molecule has 1 unspecified atom stereocenters. The summed E-state index contributed by atoms with van der Waals surface area (Å²) in [6, 6.07) is -1.51. The van der Waals surface area contributed by atoms with Crippen molar-refractivity contribution in [1.29, 1.82) is 0 Å². The molecule has 0 bridgehead atoms. The second-order valence-electron chi connectivity index (χ2n) is 11.9. The largest absolute Gasteiger partial charge is 0.394 e. The number of nitrogens with one attached hydrogen (secondary N) is 1. The molecular formula is C26H45NO21. The van der Waals surface area contributed by atoms with Crippen LogP contribution in [0.4, 0.5) is 0 Å². The van der Waals surface area contributed by atoms with Crippen molar-refractivity contribution >= 4 is 5.91 Å². The smallest absolute Gasteiger partial charge is 0.217 e. The van der Waals surface area contributed by atoms with Crippen LogP contribution < -0.4 is 5.32 Å². The van der Waals surface area contributed by atoms with Crippen molar-refractivity contribution < 1.29 is 104 Å². The molecule has 4 aliphatic rings. The third-order valence-electron chi connectivity index (χ3n) is 8.59. The quantitative estimate of drug-likeness (QED) is 0.0947. The third kappa shape index (κ3) is 8.24. The van der Waals surface area contributed by atoms with Crippen LogP contribution >= 0.6 is 0 Å². The monoisotopic (exact) mass is 707 g/mol. The second-order valence-corrected chi connectivity index (χ2v) is 11.9. The Bertz CT molecular complexity index is 1020. The number of carbonyl (C=O) groups is 1. The SMILES string of the molecule is CC(=O)N[C@H]1C(O)O[C@H](CO[C@@H]2O[C@H](CO)[C@@H](O[C@@H]3O[C@H](CO)[C@H](O)[C@H](O)[C@H]3O)[C@H](O)[C@H]2O)[C@@H](O[C@@H]2O[C@H](CO)[C@H](O)[C@H](O)[C@H]2O)[C@@H]1O. The first-order valence-corrected chi connectivity index (χ1v) is 15.1. The van der Waals surface area contributed by atoms with Crippen LogP contribution in [0.5, 0.6) is 0 Å². The molecule has 48 heavy (non-hydrogen) atoms. The number of amides is 1. The molecule has 0 radical (unpaired) electrons. The zero-order valence-corrected chi connectivity index (χ0v) is 25.5. The Morgan fingerprint density at radius 1 is 0.542 bits per heavy atom. The maximum absolute atomic E-state index is 11.7. The lowest BCUT2D eigenvalue weighted by atomic mass is 9.95. The van der Waals surface area contributed by atoms with Crippen molar-refractivity contribution in [1.82, 2.24) is 5.32 Å². The van der Waals surface area contributed by atoms with Gasteiger partial charge in [-0.05, 0) is 0 Å². The number of ether oxygens (including phenoxy) is 7. The van der Waals surface area contributed by atoms with Gasteiger partial charge in [0.15, 0.2) is 25.2 Å². The Kier molecular flexibility index (Phi) is 13.8. The summed E-state index contributed by atoms with van der Waals surface area (Å²) in [4.78, 5) is 11.7. The fraction of sp³-hybridized carbons (Fsp3) is 0.962. The van der Waals surface area contributed by atoms with Crippen LogP contribution in [0.1, 0.15) is 6.92 Å².